The van der Waals surface area contributed by atoms with Gasteiger partial charge in [0.2, 0.25) is 0 Å². The predicted octanol–water partition coefficient (Wildman–Crippen LogP) is 3.27. The zero-order valence-corrected chi connectivity index (χ0v) is 11.6. The second-order valence-corrected chi connectivity index (χ2v) is 5.21. The molecule has 2 rings (SSSR count). The van der Waals surface area contributed by atoms with E-state index >= 15 is 0 Å². The minimum Gasteiger partial charge on any atom is -0.388 e. The van der Waals surface area contributed by atoms with Crippen molar-refractivity contribution in [1.82, 2.24) is 0 Å². The van der Waals surface area contributed by atoms with E-state index in [1.165, 1.54) is 11.1 Å². The first kappa shape index (κ1) is 13.6. The Labute approximate surface area is 110 Å². The highest BCUT2D eigenvalue weighted by Gasteiger charge is 2.32. The van der Waals surface area contributed by atoms with Crippen LogP contribution in [0.2, 0.25) is 0 Å². The number of aliphatic hydroxyl groups excluding tert-OH is 1. The number of hydrogen-bond acceptors (Lipinski definition) is 2. The van der Waals surface area contributed by atoms with Crippen molar-refractivity contribution in [2.45, 2.75) is 52.2 Å². The SMILES string of the molecule is CCc1ccc(CC)c(C(O)C2CCOC2C)c1. The summed E-state index contributed by atoms with van der Waals surface area (Å²) < 4.78 is 5.58. The number of hydrogen-bond donors (Lipinski definition) is 1. The largest absolute Gasteiger partial charge is 0.388 e. The molecule has 1 aliphatic heterocycles. The molecule has 100 valence electrons. The van der Waals surface area contributed by atoms with Gasteiger partial charge in [0.1, 0.15) is 0 Å². The van der Waals surface area contributed by atoms with Crippen LogP contribution >= 0.6 is 0 Å². The van der Waals surface area contributed by atoms with Gasteiger partial charge in [-0.2, -0.15) is 0 Å². The highest BCUT2D eigenvalue weighted by molar-refractivity contribution is 5.34. The fourth-order valence-electron chi connectivity index (χ4n) is 2.86. The van der Waals surface area contributed by atoms with Crippen molar-refractivity contribution in [2.24, 2.45) is 5.92 Å². The minimum absolute atomic E-state index is 0.162. The van der Waals surface area contributed by atoms with Crippen molar-refractivity contribution in [3.05, 3.63) is 34.9 Å². The molecule has 1 saturated heterocycles. The number of ether oxygens (including phenoxy) is 1. The van der Waals surface area contributed by atoms with Gasteiger partial charge in [-0.15, -0.1) is 0 Å². The topological polar surface area (TPSA) is 29.5 Å². The lowest BCUT2D eigenvalue weighted by Crippen LogP contribution is -2.21. The lowest BCUT2D eigenvalue weighted by Gasteiger charge is -2.24. The summed E-state index contributed by atoms with van der Waals surface area (Å²) >= 11 is 0. The Kier molecular flexibility index (Phi) is 4.41. The first-order chi connectivity index (χ1) is 8.67. The number of rotatable bonds is 4. The second kappa shape index (κ2) is 5.85. The van der Waals surface area contributed by atoms with Gasteiger partial charge in [-0.3, -0.25) is 0 Å². The molecule has 2 nitrogen and oxygen atoms in total. The van der Waals surface area contributed by atoms with Gasteiger partial charge < -0.3 is 9.84 Å². The van der Waals surface area contributed by atoms with Crippen molar-refractivity contribution >= 4 is 0 Å². The van der Waals surface area contributed by atoms with Crippen molar-refractivity contribution in [3.63, 3.8) is 0 Å². The molecule has 1 heterocycles. The molecule has 0 aromatic heterocycles. The average molecular weight is 248 g/mol. The van der Waals surface area contributed by atoms with Gasteiger partial charge in [-0.25, -0.2) is 0 Å². The van der Waals surface area contributed by atoms with Crippen molar-refractivity contribution < 1.29 is 9.84 Å². The molecule has 2 heteroatoms. The Morgan fingerprint density at radius 3 is 2.67 bits per heavy atom. The zero-order valence-electron chi connectivity index (χ0n) is 11.6. The molecule has 0 aliphatic carbocycles. The van der Waals surface area contributed by atoms with Gasteiger partial charge in [-0.1, -0.05) is 32.0 Å². The quantitative estimate of drug-likeness (QED) is 0.886. The molecule has 1 aromatic carbocycles. The Balaban J connectivity index is 2.29. The standard InChI is InChI=1S/C16H24O2/c1-4-12-6-7-13(5-2)15(10-12)16(17)14-8-9-18-11(14)3/h6-7,10-11,14,16-17H,4-5,8-9H2,1-3H3. The molecular formula is C16H24O2. The van der Waals surface area contributed by atoms with E-state index in [0.717, 1.165) is 31.4 Å². The lowest BCUT2D eigenvalue weighted by atomic mass is 9.86. The van der Waals surface area contributed by atoms with Gasteiger partial charge >= 0.3 is 0 Å². The van der Waals surface area contributed by atoms with Crippen LogP contribution in [-0.2, 0) is 17.6 Å². The van der Waals surface area contributed by atoms with E-state index in [4.69, 9.17) is 4.74 Å². The third-order valence-electron chi connectivity index (χ3n) is 4.16. The normalized spacial score (nSPS) is 25.3. The van der Waals surface area contributed by atoms with E-state index in [2.05, 4.69) is 39.0 Å². The van der Waals surface area contributed by atoms with Gasteiger partial charge in [0, 0.05) is 12.5 Å². The Morgan fingerprint density at radius 1 is 1.33 bits per heavy atom. The maximum absolute atomic E-state index is 10.6. The molecule has 0 spiro atoms. The van der Waals surface area contributed by atoms with Crippen molar-refractivity contribution in [3.8, 4) is 0 Å². The van der Waals surface area contributed by atoms with Crippen molar-refractivity contribution in [1.29, 1.82) is 0 Å². The zero-order chi connectivity index (χ0) is 13.1. The highest BCUT2D eigenvalue weighted by Crippen LogP contribution is 2.35. The maximum Gasteiger partial charge on any atom is 0.0846 e. The summed E-state index contributed by atoms with van der Waals surface area (Å²) in [6.45, 7) is 7.14. The summed E-state index contributed by atoms with van der Waals surface area (Å²) in [5, 5.41) is 10.6. The lowest BCUT2D eigenvalue weighted by molar-refractivity contribution is 0.0427. The molecular weight excluding hydrogens is 224 g/mol. The first-order valence-electron chi connectivity index (χ1n) is 7.08. The number of aryl methyl sites for hydroxylation is 2. The van der Waals surface area contributed by atoms with Gasteiger partial charge in [0.05, 0.1) is 12.2 Å². The average Bonchev–Trinajstić information content (AvgIpc) is 2.83. The van der Waals surface area contributed by atoms with E-state index in [-0.39, 0.29) is 18.1 Å². The summed E-state index contributed by atoms with van der Waals surface area (Å²) in [5.41, 5.74) is 3.67. The van der Waals surface area contributed by atoms with Crippen LogP contribution in [0.4, 0.5) is 0 Å². The van der Waals surface area contributed by atoms with Crippen LogP contribution in [0, 0.1) is 5.92 Å². The van der Waals surface area contributed by atoms with Crippen LogP contribution < -0.4 is 0 Å². The van der Waals surface area contributed by atoms with Gasteiger partial charge in [-0.05, 0) is 42.9 Å². The second-order valence-electron chi connectivity index (χ2n) is 5.21. The minimum atomic E-state index is -0.385. The Morgan fingerprint density at radius 2 is 2.11 bits per heavy atom. The van der Waals surface area contributed by atoms with Crippen LogP contribution in [0.3, 0.4) is 0 Å². The van der Waals surface area contributed by atoms with Crippen molar-refractivity contribution in [2.75, 3.05) is 6.61 Å². The summed E-state index contributed by atoms with van der Waals surface area (Å²) in [6, 6.07) is 6.51. The van der Waals surface area contributed by atoms with E-state index in [0.29, 0.717) is 0 Å². The molecule has 0 radical (unpaired) electrons. The molecule has 18 heavy (non-hydrogen) atoms. The molecule has 0 saturated carbocycles. The van der Waals surface area contributed by atoms with Crippen LogP contribution in [-0.4, -0.2) is 17.8 Å². The molecule has 3 unspecified atom stereocenters. The third-order valence-corrected chi connectivity index (χ3v) is 4.16. The molecule has 0 amide bonds. The summed E-state index contributed by atoms with van der Waals surface area (Å²) in [7, 11) is 0. The molecule has 1 fully saturated rings. The molecule has 1 N–H and O–H groups in total. The van der Waals surface area contributed by atoms with Crippen LogP contribution in [0.5, 0.6) is 0 Å². The molecule has 1 aromatic rings. The fourth-order valence-corrected chi connectivity index (χ4v) is 2.86. The van der Waals surface area contributed by atoms with E-state index in [9.17, 15) is 5.11 Å². The van der Waals surface area contributed by atoms with Crippen LogP contribution in [0.1, 0.15) is 50.0 Å². The van der Waals surface area contributed by atoms with Crippen LogP contribution in [0.25, 0.3) is 0 Å². The third kappa shape index (κ3) is 2.60. The number of aliphatic hydroxyl groups is 1. The van der Waals surface area contributed by atoms with Gasteiger partial charge in [0.25, 0.3) is 0 Å². The predicted molar refractivity (Wildman–Crippen MR) is 73.7 cm³/mol. The van der Waals surface area contributed by atoms with E-state index < -0.39 is 0 Å². The summed E-state index contributed by atoms with van der Waals surface area (Å²) in [5.74, 6) is 0.238. The molecule has 3 atom stereocenters. The first-order valence-corrected chi connectivity index (χ1v) is 7.08. The maximum atomic E-state index is 10.6. The highest BCUT2D eigenvalue weighted by atomic mass is 16.5. The summed E-state index contributed by atoms with van der Waals surface area (Å²) in [4.78, 5) is 0. The van der Waals surface area contributed by atoms with Crippen LogP contribution in [0.15, 0.2) is 18.2 Å². The Bertz CT molecular complexity index is 400. The fraction of sp³-hybridized carbons (Fsp3) is 0.625. The molecule has 1 aliphatic rings. The smallest absolute Gasteiger partial charge is 0.0846 e. The molecule has 0 bridgehead atoms. The van der Waals surface area contributed by atoms with E-state index in [1.54, 1.807) is 0 Å². The van der Waals surface area contributed by atoms with E-state index in [1.807, 2.05) is 0 Å². The number of benzene rings is 1. The van der Waals surface area contributed by atoms with Gasteiger partial charge in [0.15, 0.2) is 0 Å². The monoisotopic (exact) mass is 248 g/mol. The summed E-state index contributed by atoms with van der Waals surface area (Å²) in [6.07, 6.45) is 2.72. The Hall–Kier alpha value is -0.860.